The minimum absolute atomic E-state index is 0.0499. The maximum absolute atomic E-state index is 12.1. The molecule has 1 aromatic carbocycles. The molecule has 1 aliphatic carbocycles. The summed E-state index contributed by atoms with van der Waals surface area (Å²) in [6.07, 6.45) is 2.57. The number of carbonyl (C=O) groups is 2. The van der Waals surface area contributed by atoms with Crippen LogP contribution in [0.1, 0.15) is 36.5 Å². The number of anilines is 1. The zero-order valence-electron chi connectivity index (χ0n) is 11.7. The van der Waals surface area contributed by atoms with Crippen molar-refractivity contribution in [3.05, 3.63) is 29.8 Å². The van der Waals surface area contributed by atoms with Gasteiger partial charge in [-0.2, -0.15) is 0 Å². The van der Waals surface area contributed by atoms with Gasteiger partial charge in [-0.15, -0.1) is 0 Å². The van der Waals surface area contributed by atoms with E-state index in [1.54, 1.807) is 24.3 Å². The van der Waals surface area contributed by atoms with Crippen LogP contribution in [0.25, 0.3) is 0 Å². The third-order valence-electron chi connectivity index (χ3n) is 3.64. The lowest BCUT2D eigenvalue weighted by molar-refractivity contribution is -0.120. The fraction of sp³-hybridized carbons (Fsp3) is 0.467. The fourth-order valence-electron chi connectivity index (χ4n) is 2.02. The minimum atomic E-state index is -0.388. The lowest BCUT2D eigenvalue weighted by Crippen LogP contribution is -2.31. The molecule has 0 radical (unpaired) electrons. The first-order chi connectivity index (χ1) is 9.61. The summed E-state index contributed by atoms with van der Waals surface area (Å²) in [6, 6.07) is 6.96. The molecule has 4 N–H and O–H groups in total. The summed E-state index contributed by atoms with van der Waals surface area (Å²) >= 11 is 0. The Labute approximate surface area is 118 Å². The zero-order valence-corrected chi connectivity index (χ0v) is 11.7. The summed E-state index contributed by atoms with van der Waals surface area (Å²) in [7, 11) is 0. The predicted octanol–water partition coefficient (Wildman–Crippen LogP) is 1.50. The van der Waals surface area contributed by atoms with Gasteiger partial charge >= 0.3 is 0 Å². The van der Waals surface area contributed by atoms with Gasteiger partial charge in [0, 0.05) is 24.3 Å². The van der Waals surface area contributed by atoms with E-state index < -0.39 is 0 Å². The molecule has 5 nitrogen and oxygen atoms in total. The van der Waals surface area contributed by atoms with E-state index in [4.69, 9.17) is 5.73 Å². The average molecular weight is 275 g/mol. The first-order valence-electron chi connectivity index (χ1n) is 7.01. The number of hydrogen-bond acceptors (Lipinski definition) is 3. The van der Waals surface area contributed by atoms with Gasteiger partial charge in [0.05, 0.1) is 5.41 Å². The summed E-state index contributed by atoms with van der Waals surface area (Å²) in [5, 5.41) is 5.66. The van der Waals surface area contributed by atoms with E-state index in [0.717, 1.165) is 19.3 Å². The molecule has 108 valence electrons. The minimum Gasteiger partial charge on any atom is -0.352 e. The van der Waals surface area contributed by atoms with Crippen molar-refractivity contribution in [2.24, 2.45) is 11.1 Å². The van der Waals surface area contributed by atoms with Crippen LogP contribution in [0.3, 0.4) is 0 Å². The van der Waals surface area contributed by atoms with Crippen LogP contribution >= 0.6 is 0 Å². The molecule has 0 saturated heterocycles. The van der Waals surface area contributed by atoms with E-state index >= 15 is 0 Å². The van der Waals surface area contributed by atoms with Gasteiger partial charge in [0.1, 0.15) is 0 Å². The number of benzene rings is 1. The molecule has 1 fully saturated rings. The third kappa shape index (κ3) is 3.17. The topological polar surface area (TPSA) is 84.2 Å². The highest BCUT2D eigenvalue weighted by molar-refractivity contribution is 5.99. The second kappa shape index (κ2) is 6.05. The van der Waals surface area contributed by atoms with Crippen molar-refractivity contribution in [3.8, 4) is 0 Å². The number of nitrogens with two attached hydrogens (primary N) is 1. The van der Waals surface area contributed by atoms with E-state index in [2.05, 4.69) is 10.6 Å². The Morgan fingerprint density at radius 2 is 2.10 bits per heavy atom. The van der Waals surface area contributed by atoms with E-state index in [-0.39, 0.29) is 17.2 Å². The molecule has 2 amide bonds. The monoisotopic (exact) mass is 275 g/mol. The highest BCUT2D eigenvalue weighted by atomic mass is 16.2. The van der Waals surface area contributed by atoms with Crippen molar-refractivity contribution < 1.29 is 9.59 Å². The molecule has 1 aromatic rings. The smallest absolute Gasteiger partial charge is 0.251 e. The van der Waals surface area contributed by atoms with E-state index in [1.807, 2.05) is 6.92 Å². The standard InChI is InChI=1S/C15H21N3O2/c1-2-8-17-13(19)11-4-3-5-12(9-11)18-14(20)15(10-16)6-7-15/h3-5,9H,2,6-8,10,16H2,1H3,(H,17,19)(H,18,20). The molecule has 2 rings (SSSR count). The Balaban J connectivity index is 2.02. The molecule has 0 aliphatic heterocycles. The Kier molecular flexibility index (Phi) is 4.39. The largest absolute Gasteiger partial charge is 0.352 e. The molecule has 0 aromatic heterocycles. The molecule has 0 bridgehead atoms. The number of carbonyl (C=O) groups excluding carboxylic acids is 2. The summed E-state index contributed by atoms with van der Waals surface area (Å²) in [5.74, 6) is -0.172. The first-order valence-corrected chi connectivity index (χ1v) is 7.01. The lowest BCUT2D eigenvalue weighted by atomic mass is 10.1. The first kappa shape index (κ1) is 14.5. The molecule has 20 heavy (non-hydrogen) atoms. The molecule has 1 saturated carbocycles. The van der Waals surface area contributed by atoms with Crippen LogP contribution in [0.2, 0.25) is 0 Å². The van der Waals surface area contributed by atoms with E-state index in [1.165, 1.54) is 0 Å². The average Bonchev–Trinajstić information content (AvgIpc) is 3.26. The molecule has 0 heterocycles. The van der Waals surface area contributed by atoms with Gasteiger partial charge in [-0.25, -0.2) is 0 Å². The summed E-state index contributed by atoms with van der Waals surface area (Å²) in [5.41, 5.74) is 6.43. The summed E-state index contributed by atoms with van der Waals surface area (Å²) in [6.45, 7) is 3.01. The van der Waals surface area contributed by atoms with Gasteiger partial charge in [-0.3, -0.25) is 9.59 Å². The Morgan fingerprint density at radius 1 is 1.35 bits per heavy atom. The Morgan fingerprint density at radius 3 is 2.70 bits per heavy atom. The number of hydrogen-bond donors (Lipinski definition) is 3. The van der Waals surface area contributed by atoms with E-state index in [9.17, 15) is 9.59 Å². The molecule has 1 aliphatic rings. The maximum Gasteiger partial charge on any atom is 0.251 e. The Hall–Kier alpha value is -1.88. The molecular formula is C15H21N3O2. The molecule has 0 atom stereocenters. The van der Waals surface area contributed by atoms with Crippen molar-refractivity contribution in [3.63, 3.8) is 0 Å². The van der Waals surface area contributed by atoms with Crippen molar-refractivity contribution in [1.82, 2.24) is 5.32 Å². The zero-order chi connectivity index (χ0) is 14.6. The van der Waals surface area contributed by atoms with Gasteiger partial charge in [0.15, 0.2) is 0 Å². The van der Waals surface area contributed by atoms with Gasteiger partial charge in [-0.1, -0.05) is 13.0 Å². The summed E-state index contributed by atoms with van der Waals surface area (Å²) < 4.78 is 0. The molecule has 5 heteroatoms. The third-order valence-corrected chi connectivity index (χ3v) is 3.64. The number of nitrogens with one attached hydrogen (secondary N) is 2. The SMILES string of the molecule is CCCNC(=O)c1cccc(NC(=O)C2(CN)CC2)c1. The maximum atomic E-state index is 12.1. The van der Waals surface area contributed by atoms with E-state index in [0.29, 0.717) is 24.3 Å². The van der Waals surface area contributed by atoms with Gasteiger partial charge in [-0.05, 0) is 37.5 Å². The highest BCUT2D eigenvalue weighted by Gasteiger charge is 2.48. The second-order valence-electron chi connectivity index (χ2n) is 5.28. The van der Waals surface area contributed by atoms with Crippen molar-refractivity contribution >= 4 is 17.5 Å². The van der Waals surface area contributed by atoms with Gasteiger partial charge in [0.2, 0.25) is 5.91 Å². The van der Waals surface area contributed by atoms with Crippen LogP contribution in [0.5, 0.6) is 0 Å². The number of amides is 2. The van der Waals surface area contributed by atoms with Gasteiger partial charge in [0.25, 0.3) is 5.91 Å². The molecule has 0 unspecified atom stereocenters. The van der Waals surface area contributed by atoms with Crippen LogP contribution in [0.4, 0.5) is 5.69 Å². The van der Waals surface area contributed by atoms with Crippen LogP contribution in [0, 0.1) is 5.41 Å². The Bertz CT molecular complexity index is 510. The van der Waals surface area contributed by atoms with Crippen LogP contribution in [0.15, 0.2) is 24.3 Å². The second-order valence-corrected chi connectivity index (χ2v) is 5.28. The highest BCUT2D eigenvalue weighted by Crippen LogP contribution is 2.45. The molecule has 0 spiro atoms. The molecular weight excluding hydrogens is 254 g/mol. The van der Waals surface area contributed by atoms with Crippen molar-refractivity contribution in [2.45, 2.75) is 26.2 Å². The number of rotatable bonds is 6. The van der Waals surface area contributed by atoms with Crippen molar-refractivity contribution in [1.29, 1.82) is 0 Å². The normalized spacial score (nSPS) is 15.5. The quantitative estimate of drug-likeness (QED) is 0.735. The predicted molar refractivity (Wildman–Crippen MR) is 78.4 cm³/mol. The summed E-state index contributed by atoms with van der Waals surface area (Å²) in [4.78, 5) is 24.0. The van der Waals surface area contributed by atoms with Gasteiger partial charge < -0.3 is 16.4 Å². The lowest BCUT2D eigenvalue weighted by Gasteiger charge is -2.13. The van der Waals surface area contributed by atoms with Crippen LogP contribution < -0.4 is 16.4 Å². The fourth-order valence-corrected chi connectivity index (χ4v) is 2.02. The van der Waals surface area contributed by atoms with Crippen LogP contribution in [-0.2, 0) is 4.79 Å². The van der Waals surface area contributed by atoms with Crippen molar-refractivity contribution in [2.75, 3.05) is 18.4 Å². The van der Waals surface area contributed by atoms with Crippen LogP contribution in [-0.4, -0.2) is 24.9 Å².